The quantitative estimate of drug-likeness (QED) is 0.430. The van der Waals surface area contributed by atoms with Gasteiger partial charge >= 0.3 is 0 Å². The third-order valence-electron chi connectivity index (χ3n) is 2.16. The average Bonchev–Trinajstić information content (AvgIpc) is 2.22. The topological polar surface area (TPSA) is 0 Å². The Morgan fingerprint density at radius 1 is 1.57 bits per heavy atom. The molecule has 7 heavy (non-hydrogen) atoms. The number of fused-ring (bicyclic) bond motifs is 2. The van der Waals surface area contributed by atoms with E-state index in [0.717, 1.165) is 5.92 Å². The van der Waals surface area contributed by atoms with Gasteiger partial charge in [0, 0.05) is 0 Å². The molecule has 2 saturated carbocycles. The molecule has 2 bridgehead atoms. The van der Waals surface area contributed by atoms with E-state index < -0.39 is 0 Å². The fourth-order valence-electron chi connectivity index (χ4n) is 1.68. The van der Waals surface area contributed by atoms with Gasteiger partial charge in [0.1, 0.15) is 0 Å². The molecule has 0 heteroatoms. The smallest absolute Gasteiger partial charge is 0.0235 e. The molecular formula is C7H10. The Labute approximate surface area is 44.9 Å². The van der Waals surface area contributed by atoms with Crippen molar-refractivity contribution >= 4 is 0 Å². The van der Waals surface area contributed by atoms with Crippen LogP contribution in [0.25, 0.3) is 0 Å². The largest absolute Gasteiger partial charge is 0.0496 e. The second-order valence-electron chi connectivity index (χ2n) is 2.69. The lowest BCUT2D eigenvalue weighted by Crippen LogP contribution is -1.90. The van der Waals surface area contributed by atoms with E-state index >= 15 is 0 Å². The first-order valence-electron chi connectivity index (χ1n) is 3.12. The summed E-state index contributed by atoms with van der Waals surface area (Å²) in [6.45, 7) is 0. The average molecular weight is 94.2 g/mol. The maximum absolute atomic E-state index is 2.47. The molecular weight excluding hydrogens is 84.1 g/mol. The lowest BCUT2D eigenvalue weighted by Gasteiger charge is -2.04. The van der Waals surface area contributed by atoms with E-state index in [1.165, 1.54) is 25.7 Å². The summed E-state index contributed by atoms with van der Waals surface area (Å²) in [5.41, 5.74) is 0. The van der Waals surface area contributed by atoms with Gasteiger partial charge in [-0.2, -0.15) is 0 Å². The predicted molar refractivity (Wildman–Crippen MR) is 29.5 cm³/mol. The molecule has 0 aromatic rings. The van der Waals surface area contributed by atoms with Crippen molar-refractivity contribution in [2.24, 2.45) is 5.92 Å². The Morgan fingerprint density at radius 2 is 2.57 bits per heavy atom. The van der Waals surface area contributed by atoms with Crippen LogP contribution in [0.4, 0.5) is 0 Å². The molecule has 2 radical (unpaired) electrons. The molecule has 0 heterocycles. The molecule has 2 aliphatic rings. The molecule has 0 spiro atoms. The third-order valence-corrected chi connectivity index (χ3v) is 2.16. The van der Waals surface area contributed by atoms with Crippen LogP contribution in [0, 0.1) is 18.3 Å². The molecule has 2 fully saturated rings. The van der Waals surface area contributed by atoms with Crippen LogP contribution in [-0.4, -0.2) is 0 Å². The summed E-state index contributed by atoms with van der Waals surface area (Å²) in [6.07, 6.45) is 8.18. The Balaban J connectivity index is 2.12. The summed E-state index contributed by atoms with van der Waals surface area (Å²) in [4.78, 5) is 0. The van der Waals surface area contributed by atoms with Gasteiger partial charge in [-0.15, -0.1) is 0 Å². The van der Waals surface area contributed by atoms with Gasteiger partial charge in [0.25, 0.3) is 0 Å². The van der Waals surface area contributed by atoms with E-state index in [1.807, 2.05) is 5.92 Å². The van der Waals surface area contributed by atoms with Gasteiger partial charge in [0.2, 0.25) is 0 Å². The van der Waals surface area contributed by atoms with Crippen molar-refractivity contribution in [3.05, 3.63) is 12.3 Å². The molecule has 2 aliphatic carbocycles. The van der Waals surface area contributed by atoms with Crippen molar-refractivity contribution < 1.29 is 0 Å². The van der Waals surface area contributed by atoms with Crippen LogP contribution in [-0.2, 0) is 0 Å². The molecule has 0 aromatic heterocycles. The molecule has 0 N–H and O–H groups in total. The van der Waals surface area contributed by atoms with Crippen LogP contribution >= 0.6 is 0 Å². The Hall–Kier alpha value is 0. The summed E-state index contributed by atoms with van der Waals surface area (Å²) in [7, 11) is 0. The monoisotopic (exact) mass is 94.1 g/mol. The maximum Gasteiger partial charge on any atom is -0.0235 e. The van der Waals surface area contributed by atoms with Crippen molar-refractivity contribution in [1.82, 2.24) is 0 Å². The molecule has 1 atom stereocenters. The highest BCUT2D eigenvalue weighted by atomic mass is 14.4. The highest BCUT2D eigenvalue weighted by molar-refractivity contribution is 5.12. The first-order valence-corrected chi connectivity index (χ1v) is 3.12. The second kappa shape index (κ2) is 1.24. The van der Waals surface area contributed by atoms with E-state index in [1.54, 1.807) is 0 Å². The van der Waals surface area contributed by atoms with Crippen molar-refractivity contribution in [3.63, 3.8) is 0 Å². The van der Waals surface area contributed by atoms with Gasteiger partial charge < -0.3 is 0 Å². The van der Waals surface area contributed by atoms with Crippen LogP contribution in [0.1, 0.15) is 25.7 Å². The highest BCUT2D eigenvalue weighted by Gasteiger charge is 2.31. The van der Waals surface area contributed by atoms with Crippen LogP contribution in [0.3, 0.4) is 0 Å². The highest BCUT2D eigenvalue weighted by Crippen LogP contribution is 2.44. The van der Waals surface area contributed by atoms with E-state index in [0.29, 0.717) is 0 Å². The van der Waals surface area contributed by atoms with Crippen molar-refractivity contribution in [2.75, 3.05) is 0 Å². The summed E-state index contributed by atoms with van der Waals surface area (Å²) >= 11 is 0. The number of rotatable bonds is 0. The van der Waals surface area contributed by atoms with Crippen molar-refractivity contribution in [2.45, 2.75) is 25.7 Å². The minimum Gasteiger partial charge on any atom is -0.0496 e. The van der Waals surface area contributed by atoms with Crippen LogP contribution in [0.2, 0.25) is 0 Å². The minimum atomic E-state index is 1.01. The van der Waals surface area contributed by atoms with Gasteiger partial charge in [0.15, 0.2) is 0 Å². The molecule has 38 valence electrons. The van der Waals surface area contributed by atoms with E-state index in [4.69, 9.17) is 0 Å². The predicted octanol–water partition coefficient (Wildman–Crippen LogP) is 1.97. The van der Waals surface area contributed by atoms with E-state index in [2.05, 4.69) is 6.42 Å². The van der Waals surface area contributed by atoms with E-state index in [9.17, 15) is 0 Å². The first kappa shape index (κ1) is 3.94. The summed E-state index contributed by atoms with van der Waals surface area (Å²) < 4.78 is 0. The third kappa shape index (κ3) is 0.490. The Morgan fingerprint density at radius 3 is 2.71 bits per heavy atom. The number of hydrogen-bond acceptors (Lipinski definition) is 0. The Bertz CT molecular complexity index is 58.1. The first-order chi connectivity index (χ1) is 3.45. The van der Waals surface area contributed by atoms with E-state index in [-0.39, 0.29) is 0 Å². The van der Waals surface area contributed by atoms with Crippen LogP contribution in [0.15, 0.2) is 0 Å². The summed E-state index contributed by atoms with van der Waals surface area (Å²) in [5, 5.41) is 0. The zero-order valence-corrected chi connectivity index (χ0v) is 4.48. The standard InChI is InChI=1S/C7H10/c1-2-7-4-3-6(1)5-7/h1,6H,2-5H2. The zero-order chi connectivity index (χ0) is 4.69. The molecule has 0 aromatic carbocycles. The van der Waals surface area contributed by atoms with Gasteiger partial charge in [-0.05, 0) is 43.9 Å². The zero-order valence-electron chi connectivity index (χ0n) is 4.48. The summed E-state index contributed by atoms with van der Waals surface area (Å²) in [6, 6.07) is 0. The fraction of sp³-hybridized carbons (Fsp3) is 0.714. The summed E-state index contributed by atoms with van der Waals surface area (Å²) in [5.74, 6) is 2.82. The lowest BCUT2D eigenvalue weighted by atomic mass is 10.0. The van der Waals surface area contributed by atoms with Gasteiger partial charge in [-0.25, -0.2) is 0 Å². The molecule has 2 rings (SSSR count). The van der Waals surface area contributed by atoms with Gasteiger partial charge in [0.05, 0.1) is 0 Å². The normalized spacial score (nSPS) is 32.6. The fourth-order valence-corrected chi connectivity index (χ4v) is 1.68. The molecule has 0 amide bonds. The SMILES string of the molecule is [CH]1C[C]2CCC1C2. The van der Waals surface area contributed by atoms with Crippen molar-refractivity contribution in [1.29, 1.82) is 0 Å². The minimum absolute atomic E-state index is 1.01. The molecule has 1 unspecified atom stereocenters. The van der Waals surface area contributed by atoms with Crippen molar-refractivity contribution in [3.8, 4) is 0 Å². The van der Waals surface area contributed by atoms with Crippen LogP contribution < -0.4 is 0 Å². The molecule has 0 nitrogen and oxygen atoms in total. The lowest BCUT2D eigenvalue weighted by molar-refractivity contribution is 0.638. The molecule has 0 saturated heterocycles. The number of hydrogen-bond donors (Lipinski definition) is 0. The Kier molecular flexibility index (Phi) is 0.697. The molecule has 0 aliphatic heterocycles. The second-order valence-corrected chi connectivity index (χ2v) is 2.69. The van der Waals surface area contributed by atoms with Gasteiger partial charge in [-0.1, -0.05) is 0 Å². The van der Waals surface area contributed by atoms with Crippen LogP contribution in [0.5, 0.6) is 0 Å². The maximum atomic E-state index is 2.47. The van der Waals surface area contributed by atoms with Gasteiger partial charge in [-0.3, -0.25) is 0 Å².